The summed E-state index contributed by atoms with van der Waals surface area (Å²) in [6, 6.07) is 1.17. The molecule has 1 aromatic carbocycles. The van der Waals surface area contributed by atoms with Gasteiger partial charge in [-0.25, -0.2) is 4.98 Å². The average Bonchev–Trinajstić information content (AvgIpc) is 2.76. The standard InChI is InChI=1S/C14H9F6NO2S/c1-6-12(21-10(24-6)5-11(22)23)7-2-8(13(15,16)17)4-9(3-7)14(18,19)20/h2-4H,5H2,1H3,(H,22,23). The molecule has 130 valence electrons. The van der Waals surface area contributed by atoms with Gasteiger partial charge in [0.05, 0.1) is 23.2 Å². The summed E-state index contributed by atoms with van der Waals surface area (Å²) >= 11 is 0.910. The van der Waals surface area contributed by atoms with Crippen molar-refractivity contribution < 1.29 is 36.2 Å². The van der Waals surface area contributed by atoms with Gasteiger partial charge >= 0.3 is 18.3 Å². The maximum Gasteiger partial charge on any atom is 0.416 e. The smallest absolute Gasteiger partial charge is 0.416 e. The van der Waals surface area contributed by atoms with Gasteiger partial charge in [0.15, 0.2) is 0 Å². The molecule has 1 heterocycles. The molecule has 0 aliphatic heterocycles. The number of carboxylic acid groups (broad SMARTS) is 1. The van der Waals surface area contributed by atoms with Crippen molar-refractivity contribution in [2.75, 3.05) is 0 Å². The molecule has 0 fully saturated rings. The zero-order valence-electron chi connectivity index (χ0n) is 11.9. The summed E-state index contributed by atoms with van der Waals surface area (Å²) in [6.07, 6.45) is -10.4. The molecule has 0 radical (unpaired) electrons. The van der Waals surface area contributed by atoms with Gasteiger partial charge < -0.3 is 5.11 Å². The van der Waals surface area contributed by atoms with Gasteiger partial charge in [-0.3, -0.25) is 4.79 Å². The van der Waals surface area contributed by atoms with Crippen LogP contribution in [-0.4, -0.2) is 16.1 Å². The second-order valence-electron chi connectivity index (χ2n) is 4.88. The van der Waals surface area contributed by atoms with Crippen molar-refractivity contribution in [1.29, 1.82) is 0 Å². The summed E-state index contributed by atoms with van der Waals surface area (Å²) in [7, 11) is 0. The molecule has 1 aromatic heterocycles. The zero-order valence-corrected chi connectivity index (χ0v) is 12.7. The fraction of sp³-hybridized carbons (Fsp3) is 0.286. The lowest BCUT2D eigenvalue weighted by Crippen LogP contribution is -2.11. The van der Waals surface area contributed by atoms with Crippen LogP contribution in [0.1, 0.15) is 21.0 Å². The van der Waals surface area contributed by atoms with Crippen molar-refractivity contribution in [1.82, 2.24) is 4.98 Å². The zero-order chi connectivity index (χ0) is 18.3. The van der Waals surface area contributed by atoms with E-state index < -0.39 is 35.9 Å². The Hall–Kier alpha value is -2.10. The van der Waals surface area contributed by atoms with Crippen LogP contribution in [0.25, 0.3) is 11.3 Å². The lowest BCUT2D eigenvalue weighted by molar-refractivity contribution is -0.143. The van der Waals surface area contributed by atoms with Crippen LogP contribution in [0.3, 0.4) is 0 Å². The molecule has 24 heavy (non-hydrogen) atoms. The number of aromatic nitrogens is 1. The first-order valence-electron chi connectivity index (χ1n) is 6.36. The highest BCUT2D eigenvalue weighted by Gasteiger charge is 2.37. The second-order valence-corrected chi connectivity index (χ2v) is 6.17. The van der Waals surface area contributed by atoms with Crippen LogP contribution in [0.4, 0.5) is 26.3 Å². The first-order chi connectivity index (χ1) is 10.9. The SMILES string of the molecule is Cc1sc(CC(=O)O)nc1-c1cc(C(F)(F)F)cc(C(F)(F)F)c1. The predicted octanol–water partition coefficient (Wildman–Crippen LogP) is 4.78. The minimum atomic E-state index is -4.95. The van der Waals surface area contributed by atoms with E-state index in [1.54, 1.807) is 0 Å². The van der Waals surface area contributed by atoms with Crippen LogP contribution in [-0.2, 0) is 23.6 Å². The number of carboxylic acids is 1. The monoisotopic (exact) mass is 369 g/mol. The predicted molar refractivity (Wildman–Crippen MR) is 73.6 cm³/mol. The third kappa shape index (κ3) is 4.05. The van der Waals surface area contributed by atoms with Gasteiger partial charge in [0.1, 0.15) is 5.01 Å². The van der Waals surface area contributed by atoms with Crippen molar-refractivity contribution in [2.24, 2.45) is 0 Å². The van der Waals surface area contributed by atoms with E-state index >= 15 is 0 Å². The highest BCUT2D eigenvalue weighted by atomic mass is 32.1. The number of hydrogen-bond acceptors (Lipinski definition) is 3. The normalized spacial score (nSPS) is 12.5. The van der Waals surface area contributed by atoms with E-state index in [2.05, 4.69) is 4.98 Å². The summed E-state index contributed by atoms with van der Waals surface area (Å²) in [5.74, 6) is -1.20. The number of benzene rings is 1. The minimum Gasteiger partial charge on any atom is -0.481 e. The topological polar surface area (TPSA) is 50.2 Å². The molecule has 0 saturated carbocycles. The van der Waals surface area contributed by atoms with E-state index in [1.165, 1.54) is 6.92 Å². The molecule has 1 N–H and O–H groups in total. The Kier molecular flexibility index (Phi) is 4.62. The number of carbonyl (C=O) groups is 1. The van der Waals surface area contributed by atoms with Crippen molar-refractivity contribution in [3.63, 3.8) is 0 Å². The number of nitrogens with zero attached hydrogens (tertiary/aromatic N) is 1. The highest BCUT2D eigenvalue weighted by molar-refractivity contribution is 7.12. The maximum atomic E-state index is 12.9. The molecule has 0 atom stereocenters. The molecule has 0 bridgehead atoms. The van der Waals surface area contributed by atoms with E-state index in [1.807, 2.05) is 0 Å². The van der Waals surface area contributed by atoms with Crippen molar-refractivity contribution in [3.8, 4) is 11.3 Å². The maximum absolute atomic E-state index is 12.9. The van der Waals surface area contributed by atoms with Gasteiger partial charge in [-0.05, 0) is 25.1 Å². The fourth-order valence-electron chi connectivity index (χ4n) is 2.02. The molecule has 0 spiro atoms. The highest BCUT2D eigenvalue weighted by Crippen LogP contribution is 2.39. The summed E-state index contributed by atoms with van der Waals surface area (Å²) in [4.78, 5) is 14.9. The molecule has 2 rings (SSSR count). The molecule has 0 aliphatic rings. The Morgan fingerprint density at radius 3 is 2.00 bits per heavy atom. The Morgan fingerprint density at radius 2 is 1.58 bits per heavy atom. The van der Waals surface area contributed by atoms with E-state index in [0.29, 0.717) is 17.0 Å². The number of alkyl halides is 6. The number of thiazole rings is 1. The molecule has 10 heteroatoms. The van der Waals surface area contributed by atoms with E-state index in [-0.39, 0.29) is 22.3 Å². The number of aliphatic carboxylic acids is 1. The van der Waals surface area contributed by atoms with Gasteiger partial charge in [-0.1, -0.05) is 0 Å². The number of aryl methyl sites for hydroxylation is 1. The third-order valence-electron chi connectivity index (χ3n) is 3.00. The lowest BCUT2D eigenvalue weighted by atomic mass is 10.0. The van der Waals surface area contributed by atoms with Crippen LogP contribution in [0.15, 0.2) is 18.2 Å². The summed E-state index contributed by atoms with van der Waals surface area (Å²) < 4.78 is 77.2. The Bertz CT molecular complexity index is 746. The Balaban J connectivity index is 2.61. The molecule has 0 saturated heterocycles. The molecule has 0 unspecified atom stereocenters. The van der Waals surface area contributed by atoms with Crippen molar-refractivity contribution in [2.45, 2.75) is 25.7 Å². The van der Waals surface area contributed by atoms with Crippen LogP contribution in [0, 0.1) is 6.92 Å². The van der Waals surface area contributed by atoms with Crippen LogP contribution < -0.4 is 0 Å². The minimum absolute atomic E-state index is 0.0311. The van der Waals surface area contributed by atoms with Gasteiger partial charge in [0.25, 0.3) is 0 Å². The Morgan fingerprint density at radius 1 is 1.08 bits per heavy atom. The van der Waals surface area contributed by atoms with Gasteiger partial charge in [-0.2, -0.15) is 26.3 Å². The first kappa shape index (κ1) is 18.2. The van der Waals surface area contributed by atoms with Crippen LogP contribution >= 0.6 is 11.3 Å². The third-order valence-corrected chi connectivity index (χ3v) is 3.98. The van der Waals surface area contributed by atoms with Crippen LogP contribution in [0.5, 0.6) is 0 Å². The summed E-state index contributed by atoms with van der Waals surface area (Å²) in [6.45, 7) is 1.45. The van der Waals surface area contributed by atoms with Crippen molar-refractivity contribution >= 4 is 17.3 Å². The van der Waals surface area contributed by atoms with Gasteiger partial charge in [0.2, 0.25) is 0 Å². The van der Waals surface area contributed by atoms with Gasteiger partial charge in [0, 0.05) is 10.4 Å². The fourth-order valence-corrected chi connectivity index (χ4v) is 2.96. The summed E-state index contributed by atoms with van der Waals surface area (Å²) in [5, 5.41) is 8.81. The molecular weight excluding hydrogens is 360 g/mol. The quantitative estimate of drug-likeness (QED) is 0.792. The largest absolute Gasteiger partial charge is 0.481 e. The number of rotatable bonds is 3. The first-order valence-corrected chi connectivity index (χ1v) is 7.17. The average molecular weight is 369 g/mol. The van der Waals surface area contributed by atoms with E-state index in [4.69, 9.17) is 5.11 Å². The second kappa shape index (κ2) is 6.08. The molecular formula is C14H9F6NO2S. The van der Waals surface area contributed by atoms with Crippen molar-refractivity contribution in [3.05, 3.63) is 39.2 Å². The van der Waals surface area contributed by atoms with E-state index in [9.17, 15) is 31.1 Å². The molecule has 0 aliphatic carbocycles. The van der Waals surface area contributed by atoms with Gasteiger partial charge in [-0.15, -0.1) is 11.3 Å². The number of halogens is 6. The van der Waals surface area contributed by atoms with E-state index in [0.717, 1.165) is 11.3 Å². The summed E-state index contributed by atoms with van der Waals surface area (Å²) in [5.41, 5.74) is -3.34. The lowest BCUT2D eigenvalue weighted by Gasteiger charge is -2.13. The number of hydrogen-bond donors (Lipinski definition) is 1. The van der Waals surface area contributed by atoms with Crippen LogP contribution in [0.2, 0.25) is 0 Å². The molecule has 2 aromatic rings. The Labute approximate surface area is 135 Å². The molecule has 3 nitrogen and oxygen atoms in total. The molecule has 0 amide bonds.